The van der Waals surface area contributed by atoms with Crippen LogP contribution in [-0.2, 0) is 20.9 Å². The van der Waals surface area contributed by atoms with Gasteiger partial charge in [0, 0.05) is 0 Å². The van der Waals surface area contributed by atoms with Gasteiger partial charge in [0.1, 0.15) is 5.60 Å². The number of aliphatic hydroxyl groups is 1. The maximum atomic E-state index is 11.8. The second-order valence-electron chi connectivity index (χ2n) is 5.61. The van der Waals surface area contributed by atoms with Crippen molar-refractivity contribution in [1.82, 2.24) is 10.8 Å². The third-order valence-corrected chi connectivity index (χ3v) is 2.45. The molecule has 0 saturated heterocycles. The quantitative estimate of drug-likeness (QED) is 0.681. The van der Waals surface area contributed by atoms with E-state index < -0.39 is 30.3 Å². The van der Waals surface area contributed by atoms with Gasteiger partial charge in [0.2, 0.25) is 0 Å². The van der Waals surface area contributed by atoms with Gasteiger partial charge in [-0.25, -0.2) is 9.59 Å². The number of amides is 1. The monoisotopic (exact) mass is 310 g/mol. The number of aliphatic hydroxyl groups excluding tert-OH is 1. The van der Waals surface area contributed by atoms with Crippen LogP contribution in [0.1, 0.15) is 26.3 Å². The summed E-state index contributed by atoms with van der Waals surface area (Å²) in [6.45, 7) is 4.81. The Morgan fingerprint density at radius 3 is 2.41 bits per heavy atom. The number of alkyl carbamates (subject to hydrolysis) is 1. The fraction of sp³-hybridized carbons (Fsp3) is 0.467. The first kappa shape index (κ1) is 17.9. The van der Waals surface area contributed by atoms with Crippen molar-refractivity contribution in [2.24, 2.45) is 0 Å². The van der Waals surface area contributed by atoms with Crippen LogP contribution in [0, 0.1) is 0 Å². The molecular formula is C15H22N2O5. The number of carbonyl (C=O) groups excluding carboxylic acids is 2. The molecule has 0 aliphatic rings. The lowest BCUT2D eigenvalue weighted by atomic mass is 10.2. The van der Waals surface area contributed by atoms with E-state index in [4.69, 9.17) is 14.7 Å². The van der Waals surface area contributed by atoms with Crippen molar-refractivity contribution < 1.29 is 24.3 Å². The van der Waals surface area contributed by atoms with Crippen LogP contribution in [-0.4, -0.2) is 35.4 Å². The number of benzene rings is 1. The third-order valence-electron chi connectivity index (χ3n) is 2.45. The summed E-state index contributed by atoms with van der Waals surface area (Å²) in [4.78, 5) is 28.1. The topological polar surface area (TPSA) is 96.9 Å². The van der Waals surface area contributed by atoms with E-state index in [9.17, 15) is 9.59 Å². The van der Waals surface area contributed by atoms with Crippen molar-refractivity contribution in [3.8, 4) is 0 Å². The highest BCUT2D eigenvalue weighted by atomic mass is 16.7. The first-order valence-electron chi connectivity index (χ1n) is 6.89. The van der Waals surface area contributed by atoms with Crippen molar-refractivity contribution in [3.05, 3.63) is 35.9 Å². The Bertz CT molecular complexity index is 484. The molecule has 1 aromatic rings. The summed E-state index contributed by atoms with van der Waals surface area (Å²) in [5.41, 5.74) is 2.72. The molecule has 3 N–H and O–H groups in total. The summed E-state index contributed by atoms with van der Waals surface area (Å²) >= 11 is 0. The normalized spacial score (nSPS) is 12.4. The van der Waals surface area contributed by atoms with Crippen molar-refractivity contribution in [2.75, 3.05) is 6.61 Å². The molecule has 0 fully saturated rings. The number of hydroxylamine groups is 1. The second kappa shape index (κ2) is 8.35. The van der Waals surface area contributed by atoms with Crippen LogP contribution in [0.25, 0.3) is 0 Å². The summed E-state index contributed by atoms with van der Waals surface area (Å²) < 4.78 is 5.00. The molecule has 0 bridgehead atoms. The lowest BCUT2D eigenvalue weighted by Crippen LogP contribution is -2.47. The second-order valence-corrected chi connectivity index (χ2v) is 5.61. The molecule has 1 unspecified atom stereocenters. The molecule has 0 heterocycles. The van der Waals surface area contributed by atoms with E-state index in [0.717, 1.165) is 5.56 Å². The molecule has 0 spiro atoms. The highest BCUT2D eigenvalue weighted by molar-refractivity contribution is 5.81. The standard InChI is InChI=1S/C15H22N2O5/c1-15(2,3)21-14(20)17-12(10-18)13(19)22-16-9-11-7-5-4-6-8-11/h4-8,12,16,18H,9-10H2,1-3H3,(H,17,20). The van der Waals surface area contributed by atoms with Gasteiger partial charge in [-0.2, -0.15) is 0 Å². The molecule has 1 amide bonds. The van der Waals surface area contributed by atoms with Crippen LogP contribution in [0.4, 0.5) is 4.79 Å². The van der Waals surface area contributed by atoms with Crippen LogP contribution in [0.2, 0.25) is 0 Å². The minimum absolute atomic E-state index is 0.317. The zero-order valence-corrected chi connectivity index (χ0v) is 13.0. The van der Waals surface area contributed by atoms with Crippen molar-refractivity contribution in [1.29, 1.82) is 0 Å². The first-order chi connectivity index (χ1) is 10.3. The molecule has 122 valence electrons. The van der Waals surface area contributed by atoms with E-state index in [1.807, 2.05) is 30.3 Å². The molecule has 0 aliphatic carbocycles. The molecule has 0 saturated carbocycles. The van der Waals surface area contributed by atoms with Gasteiger partial charge >= 0.3 is 12.1 Å². The summed E-state index contributed by atoms with van der Waals surface area (Å²) in [5.74, 6) is -0.802. The van der Waals surface area contributed by atoms with Gasteiger partial charge in [0.05, 0.1) is 13.2 Å². The average Bonchev–Trinajstić information content (AvgIpc) is 2.44. The number of nitrogens with one attached hydrogen (secondary N) is 2. The molecule has 22 heavy (non-hydrogen) atoms. The average molecular weight is 310 g/mol. The lowest BCUT2D eigenvalue weighted by Gasteiger charge is -2.22. The third kappa shape index (κ3) is 7.05. The SMILES string of the molecule is CC(C)(C)OC(=O)NC(CO)C(=O)ONCc1ccccc1. The summed E-state index contributed by atoms with van der Waals surface area (Å²) in [6.07, 6.45) is -0.799. The summed E-state index contributed by atoms with van der Waals surface area (Å²) in [7, 11) is 0. The minimum atomic E-state index is -1.20. The molecular weight excluding hydrogens is 288 g/mol. The van der Waals surface area contributed by atoms with Gasteiger partial charge in [-0.05, 0) is 26.3 Å². The minimum Gasteiger partial charge on any atom is -0.444 e. The van der Waals surface area contributed by atoms with E-state index in [0.29, 0.717) is 6.54 Å². The number of rotatable bonds is 6. The van der Waals surface area contributed by atoms with Gasteiger partial charge in [-0.1, -0.05) is 30.3 Å². The van der Waals surface area contributed by atoms with Crippen molar-refractivity contribution in [3.63, 3.8) is 0 Å². The van der Waals surface area contributed by atoms with Gasteiger partial charge in [-0.3, -0.25) is 0 Å². The fourth-order valence-corrected chi connectivity index (χ4v) is 1.49. The van der Waals surface area contributed by atoms with Gasteiger partial charge in [0.15, 0.2) is 6.04 Å². The smallest absolute Gasteiger partial charge is 0.408 e. The number of ether oxygens (including phenoxy) is 1. The number of carbonyl (C=O) groups is 2. The highest BCUT2D eigenvalue weighted by Crippen LogP contribution is 2.06. The molecule has 7 nitrogen and oxygen atoms in total. The predicted molar refractivity (Wildman–Crippen MR) is 79.6 cm³/mol. The van der Waals surface area contributed by atoms with E-state index in [2.05, 4.69) is 10.8 Å². The predicted octanol–water partition coefficient (Wildman–Crippen LogP) is 1.12. The Hall–Kier alpha value is -2.12. The molecule has 7 heteroatoms. The van der Waals surface area contributed by atoms with Crippen LogP contribution in [0.5, 0.6) is 0 Å². The molecule has 1 aromatic carbocycles. The molecule has 1 rings (SSSR count). The zero-order valence-electron chi connectivity index (χ0n) is 13.0. The van der Waals surface area contributed by atoms with Gasteiger partial charge in [0.25, 0.3) is 0 Å². The molecule has 0 aromatic heterocycles. The zero-order chi connectivity index (χ0) is 16.6. The molecule has 1 atom stereocenters. The van der Waals surface area contributed by atoms with E-state index in [1.165, 1.54) is 0 Å². The Morgan fingerprint density at radius 2 is 1.86 bits per heavy atom. The largest absolute Gasteiger partial charge is 0.444 e. The van der Waals surface area contributed by atoms with E-state index in [-0.39, 0.29) is 0 Å². The van der Waals surface area contributed by atoms with Crippen LogP contribution in [0.15, 0.2) is 30.3 Å². The van der Waals surface area contributed by atoms with E-state index >= 15 is 0 Å². The van der Waals surface area contributed by atoms with Gasteiger partial charge < -0.3 is 20.0 Å². The van der Waals surface area contributed by atoms with Crippen molar-refractivity contribution in [2.45, 2.75) is 39.0 Å². The van der Waals surface area contributed by atoms with Crippen LogP contribution in [0.3, 0.4) is 0 Å². The molecule has 0 aliphatic heterocycles. The number of hydrogen-bond acceptors (Lipinski definition) is 6. The Labute approximate surface area is 129 Å². The summed E-state index contributed by atoms with van der Waals surface area (Å²) in [6, 6.07) is 8.13. The lowest BCUT2D eigenvalue weighted by molar-refractivity contribution is -0.155. The fourth-order valence-electron chi connectivity index (χ4n) is 1.49. The number of hydrogen-bond donors (Lipinski definition) is 3. The highest BCUT2D eigenvalue weighted by Gasteiger charge is 2.25. The Morgan fingerprint density at radius 1 is 1.23 bits per heavy atom. The maximum Gasteiger partial charge on any atom is 0.408 e. The maximum absolute atomic E-state index is 11.8. The van der Waals surface area contributed by atoms with Crippen LogP contribution >= 0.6 is 0 Å². The van der Waals surface area contributed by atoms with Crippen LogP contribution < -0.4 is 10.8 Å². The Balaban J connectivity index is 2.39. The van der Waals surface area contributed by atoms with E-state index in [1.54, 1.807) is 20.8 Å². The first-order valence-corrected chi connectivity index (χ1v) is 6.89. The van der Waals surface area contributed by atoms with Crippen molar-refractivity contribution >= 4 is 12.1 Å². The van der Waals surface area contributed by atoms with Gasteiger partial charge in [-0.15, -0.1) is 5.48 Å². The molecule has 0 radical (unpaired) electrons. The Kier molecular flexibility index (Phi) is 6.81. The summed E-state index contributed by atoms with van der Waals surface area (Å²) in [5, 5.41) is 11.4.